The molecule has 0 unspecified atom stereocenters. The van der Waals surface area contributed by atoms with Gasteiger partial charge in [0.15, 0.2) is 0 Å². The van der Waals surface area contributed by atoms with Crippen LogP contribution in [0, 0.1) is 0 Å². The van der Waals surface area contributed by atoms with Crippen LogP contribution in [0.2, 0.25) is 0 Å². The zero-order chi connectivity index (χ0) is 7.11. The van der Waals surface area contributed by atoms with Gasteiger partial charge in [-0.2, -0.15) is 0 Å². The number of methoxy groups -OCH3 is 1. The van der Waals surface area contributed by atoms with Crippen LogP contribution in [0.3, 0.4) is 0 Å². The first-order chi connectivity index (χ1) is 4.31. The maximum atomic E-state index is 10.5. The van der Waals surface area contributed by atoms with Crippen molar-refractivity contribution in [3.8, 4) is 0 Å². The first-order valence-corrected chi connectivity index (χ1v) is 3.38. The molecule has 0 rings (SSSR count). The van der Waals surface area contributed by atoms with Gasteiger partial charge >= 0.3 is 5.97 Å². The third-order valence-electron chi connectivity index (χ3n) is 1.21. The van der Waals surface area contributed by atoms with Gasteiger partial charge < -0.3 is 4.74 Å². The molecule has 1 radical (unpaired) electrons. The van der Waals surface area contributed by atoms with Crippen LogP contribution in [-0.4, -0.2) is 13.1 Å². The second kappa shape index (κ2) is 9.09. The number of ether oxygens (including phenoxy) is 1. The Morgan fingerprint density at radius 2 is 2.00 bits per heavy atom. The monoisotopic (exact) mass is 233 g/mol. The summed E-state index contributed by atoms with van der Waals surface area (Å²) < 4.78 is 4.46. The van der Waals surface area contributed by atoms with Gasteiger partial charge in [0.2, 0.25) is 0 Å². The van der Waals surface area contributed by atoms with E-state index in [1.165, 1.54) is 7.11 Å². The van der Waals surface area contributed by atoms with Crippen LogP contribution >= 0.6 is 0 Å². The molecule has 0 aromatic carbocycles. The summed E-state index contributed by atoms with van der Waals surface area (Å²) in [5.41, 5.74) is 0. The molecule has 0 atom stereocenters. The van der Waals surface area contributed by atoms with Gasteiger partial charge in [-0.25, -0.2) is 0 Å². The molecule has 0 aliphatic heterocycles. The quantitative estimate of drug-likeness (QED) is 0.420. The van der Waals surface area contributed by atoms with E-state index in [-0.39, 0.29) is 25.4 Å². The second-order valence-electron chi connectivity index (χ2n) is 2.03. The van der Waals surface area contributed by atoms with Crippen molar-refractivity contribution >= 4 is 5.97 Å². The fraction of sp³-hybridized carbons (Fsp3) is 0.857. The van der Waals surface area contributed by atoms with Gasteiger partial charge in [-0.15, -0.1) is 0 Å². The summed E-state index contributed by atoms with van der Waals surface area (Å²) in [5.74, 6) is -0.0940. The Labute approximate surface area is 75.1 Å². The van der Waals surface area contributed by atoms with Crippen LogP contribution in [-0.2, 0) is 29.0 Å². The Balaban J connectivity index is 0. The molecule has 0 heterocycles. The molecule has 10 heavy (non-hydrogen) atoms. The number of esters is 1. The summed E-state index contributed by atoms with van der Waals surface area (Å²) in [7, 11) is 1.42. The second-order valence-corrected chi connectivity index (χ2v) is 2.03. The van der Waals surface area contributed by atoms with Crippen molar-refractivity contribution in [3.05, 3.63) is 0 Å². The minimum atomic E-state index is -0.0940. The molecule has 0 spiro atoms. The van der Waals surface area contributed by atoms with Gasteiger partial charge in [-0.3, -0.25) is 4.79 Å². The van der Waals surface area contributed by atoms with E-state index in [0.29, 0.717) is 6.42 Å². The molecule has 0 aromatic heterocycles. The molecule has 0 aliphatic rings. The molecule has 0 N–H and O–H groups in total. The van der Waals surface area contributed by atoms with E-state index in [9.17, 15) is 4.79 Å². The van der Waals surface area contributed by atoms with Crippen molar-refractivity contribution in [2.45, 2.75) is 32.6 Å². The standard InChI is InChI=1S/C7H14O2.Rh/c1-3-4-5-6-7(8)9-2;/h3-6H2,1-2H3;. The Hall–Kier alpha value is 0.0934. The largest absolute Gasteiger partial charge is 0.469 e. The predicted molar refractivity (Wildman–Crippen MR) is 36.2 cm³/mol. The molecule has 3 heteroatoms. The normalized spacial score (nSPS) is 8.20. The summed E-state index contributed by atoms with van der Waals surface area (Å²) >= 11 is 0. The summed E-state index contributed by atoms with van der Waals surface area (Å²) in [5, 5.41) is 0. The molecule has 0 saturated carbocycles. The van der Waals surface area contributed by atoms with Crippen molar-refractivity contribution in [1.82, 2.24) is 0 Å². The average molecular weight is 233 g/mol. The average Bonchev–Trinajstić information content (AvgIpc) is 1.89. The summed E-state index contributed by atoms with van der Waals surface area (Å²) in [6.45, 7) is 2.11. The molecule has 0 bridgehead atoms. The van der Waals surface area contributed by atoms with Gasteiger partial charge in [-0.05, 0) is 6.42 Å². The van der Waals surface area contributed by atoms with E-state index in [1.807, 2.05) is 0 Å². The maximum absolute atomic E-state index is 10.5. The van der Waals surface area contributed by atoms with Crippen LogP contribution in [0.1, 0.15) is 32.6 Å². The topological polar surface area (TPSA) is 26.3 Å². The summed E-state index contributed by atoms with van der Waals surface area (Å²) in [4.78, 5) is 10.5. The molecular formula is C7H14O2Rh. The first-order valence-electron chi connectivity index (χ1n) is 3.38. The van der Waals surface area contributed by atoms with Crippen molar-refractivity contribution in [3.63, 3.8) is 0 Å². The molecule has 0 amide bonds. The number of hydrogen-bond donors (Lipinski definition) is 0. The zero-order valence-corrected chi connectivity index (χ0v) is 8.12. The Morgan fingerprint density at radius 3 is 2.40 bits per heavy atom. The van der Waals surface area contributed by atoms with Gasteiger partial charge in [0.25, 0.3) is 0 Å². The van der Waals surface area contributed by atoms with Gasteiger partial charge in [0, 0.05) is 25.9 Å². The third-order valence-corrected chi connectivity index (χ3v) is 1.21. The molecule has 0 aliphatic carbocycles. The molecule has 0 saturated heterocycles. The summed E-state index contributed by atoms with van der Waals surface area (Å²) in [6.07, 6.45) is 3.81. The molecule has 63 valence electrons. The Kier molecular flexibility index (Phi) is 11.6. The van der Waals surface area contributed by atoms with E-state index >= 15 is 0 Å². The zero-order valence-electron chi connectivity index (χ0n) is 6.48. The maximum Gasteiger partial charge on any atom is 0.305 e. The van der Waals surface area contributed by atoms with E-state index in [4.69, 9.17) is 0 Å². The van der Waals surface area contributed by atoms with Crippen LogP contribution in [0.15, 0.2) is 0 Å². The fourth-order valence-corrected chi connectivity index (χ4v) is 0.621. The van der Waals surface area contributed by atoms with E-state index < -0.39 is 0 Å². The minimum Gasteiger partial charge on any atom is -0.469 e. The number of rotatable bonds is 4. The number of carbonyl (C=O) groups is 1. The van der Waals surface area contributed by atoms with Gasteiger partial charge in [0.05, 0.1) is 7.11 Å². The fourth-order valence-electron chi connectivity index (χ4n) is 0.621. The van der Waals surface area contributed by atoms with E-state index in [2.05, 4.69) is 11.7 Å². The smallest absolute Gasteiger partial charge is 0.305 e. The van der Waals surface area contributed by atoms with Crippen LogP contribution in [0.4, 0.5) is 0 Å². The number of carbonyl (C=O) groups excluding carboxylic acids is 1. The third kappa shape index (κ3) is 8.09. The van der Waals surface area contributed by atoms with Crippen LogP contribution < -0.4 is 0 Å². The summed E-state index contributed by atoms with van der Waals surface area (Å²) in [6, 6.07) is 0. The van der Waals surface area contributed by atoms with Crippen molar-refractivity contribution < 1.29 is 29.0 Å². The molecule has 0 fully saturated rings. The van der Waals surface area contributed by atoms with Crippen molar-refractivity contribution in [1.29, 1.82) is 0 Å². The van der Waals surface area contributed by atoms with E-state index in [0.717, 1.165) is 19.3 Å². The molecule has 0 aromatic rings. The van der Waals surface area contributed by atoms with Crippen LogP contribution in [0.25, 0.3) is 0 Å². The predicted octanol–water partition coefficient (Wildman–Crippen LogP) is 1.74. The number of hydrogen-bond acceptors (Lipinski definition) is 2. The minimum absolute atomic E-state index is 0. The Bertz CT molecular complexity index is 83.7. The van der Waals surface area contributed by atoms with Gasteiger partial charge in [-0.1, -0.05) is 19.8 Å². The van der Waals surface area contributed by atoms with Crippen molar-refractivity contribution in [2.75, 3.05) is 7.11 Å². The van der Waals surface area contributed by atoms with Crippen molar-refractivity contribution in [2.24, 2.45) is 0 Å². The first kappa shape index (κ1) is 12.7. The SMILES string of the molecule is CCCCCC(=O)OC.[Rh]. The number of unbranched alkanes of at least 4 members (excludes halogenated alkanes) is 2. The van der Waals surface area contributed by atoms with E-state index in [1.54, 1.807) is 0 Å². The van der Waals surface area contributed by atoms with Crippen LogP contribution in [0.5, 0.6) is 0 Å². The van der Waals surface area contributed by atoms with Gasteiger partial charge in [0.1, 0.15) is 0 Å². The molecule has 2 nitrogen and oxygen atoms in total. The molecular weight excluding hydrogens is 219 g/mol. The Morgan fingerprint density at radius 1 is 1.40 bits per heavy atom.